The Morgan fingerprint density at radius 2 is 2.19 bits per heavy atom. The number of likely N-dealkylation sites (tertiary alicyclic amines) is 2. The third kappa shape index (κ3) is 3.92. The Bertz CT molecular complexity index is 646. The van der Waals surface area contributed by atoms with Crippen molar-refractivity contribution in [1.82, 2.24) is 14.8 Å². The summed E-state index contributed by atoms with van der Waals surface area (Å²) in [4.78, 5) is 28.5. The summed E-state index contributed by atoms with van der Waals surface area (Å²) in [5.74, 6) is -2.23. The van der Waals surface area contributed by atoms with Crippen LogP contribution in [-0.2, 0) is 4.79 Å². The van der Waals surface area contributed by atoms with E-state index in [1.54, 1.807) is 24.5 Å². The van der Waals surface area contributed by atoms with E-state index in [-0.39, 0.29) is 37.6 Å². The van der Waals surface area contributed by atoms with Gasteiger partial charge in [0, 0.05) is 37.8 Å². The number of nitrogens with zero attached hydrogens (tertiary/aromatic N) is 3. The average molecular weight is 368 g/mol. The number of halogens is 2. The zero-order valence-electron chi connectivity index (χ0n) is 14.2. The Balaban J connectivity index is 0.000000613. The fraction of sp³-hybridized carbons (Fsp3) is 0.588. The first-order chi connectivity index (χ1) is 12.4. The number of carboxylic acid groups (broad SMARTS) is 1. The van der Waals surface area contributed by atoms with Gasteiger partial charge in [0.1, 0.15) is 0 Å². The third-order valence-electron chi connectivity index (χ3n) is 5.35. The molecule has 2 saturated heterocycles. The van der Waals surface area contributed by atoms with Gasteiger partial charge < -0.3 is 15.3 Å². The summed E-state index contributed by atoms with van der Waals surface area (Å²) >= 11 is 0. The van der Waals surface area contributed by atoms with Gasteiger partial charge in [-0.15, -0.1) is 0 Å². The fourth-order valence-corrected chi connectivity index (χ4v) is 4.30. The Morgan fingerprint density at radius 3 is 2.73 bits per heavy atom. The molecule has 2 amide bonds. The Kier molecular flexibility index (Phi) is 5.36. The van der Waals surface area contributed by atoms with Gasteiger partial charge >= 0.3 is 6.03 Å². The van der Waals surface area contributed by atoms with Gasteiger partial charge in [0.25, 0.3) is 12.4 Å². The number of amides is 2. The number of alkyl halides is 2. The lowest BCUT2D eigenvalue weighted by Gasteiger charge is -2.36. The number of rotatable bonds is 2. The van der Waals surface area contributed by atoms with Crippen molar-refractivity contribution in [2.45, 2.75) is 37.3 Å². The molecule has 3 heterocycles. The number of nitrogens with one attached hydrogen (secondary N) is 1. The second-order valence-electron chi connectivity index (χ2n) is 6.96. The molecule has 0 spiro atoms. The van der Waals surface area contributed by atoms with Crippen molar-refractivity contribution in [3.8, 4) is 0 Å². The number of pyridine rings is 1. The smallest absolute Gasteiger partial charge is 0.322 e. The van der Waals surface area contributed by atoms with Crippen molar-refractivity contribution < 1.29 is 23.5 Å². The molecule has 2 N–H and O–H groups in total. The average Bonchev–Trinajstić information content (AvgIpc) is 3.29. The largest absolute Gasteiger partial charge is 0.483 e. The van der Waals surface area contributed by atoms with E-state index >= 15 is 0 Å². The molecule has 3 fully saturated rings. The summed E-state index contributed by atoms with van der Waals surface area (Å²) in [7, 11) is 0. The van der Waals surface area contributed by atoms with Crippen molar-refractivity contribution in [1.29, 1.82) is 0 Å². The molecule has 1 aromatic rings. The number of carbonyl (C=O) groups is 2. The molecule has 3 aliphatic rings. The highest BCUT2D eigenvalue weighted by atomic mass is 19.3. The van der Waals surface area contributed by atoms with Gasteiger partial charge in [-0.2, -0.15) is 0 Å². The normalized spacial score (nSPS) is 29.2. The first-order valence-corrected chi connectivity index (χ1v) is 8.61. The van der Waals surface area contributed by atoms with Crippen LogP contribution in [0.5, 0.6) is 0 Å². The molecule has 3 unspecified atom stereocenters. The van der Waals surface area contributed by atoms with Crippen molar-refractivity contribution in [3.63, 3.8) is 0 Å². The summed E-state index contributed by atoms with van der Waals surface area (Å²) in [5.41, 5.74) is 0.677. The summed E-state index contributed by atoms with van der Waals surface area (Å²) in [6, 6.07) is 3.83. The molecule has 2 bridgehead atoms. The van der Waals surface area contributed by atoms with Gasteiger partial charge in [-0.25, -0.2) is 13.6 Å². The quantitative estimate of drug-likeness (QED) is 0.781. The molecule has 0 aromatic carbocycles. The lowest BCUT2D eigenvalue weighted by Crippen LogP contribution is -2.48. The number of hydrogen-bond acceptors (Lipinski definition) is 4. The van der Waals surface area contributed by atoms with E-state index in [0.717, 1.165) is 12.8 Å². The van der Waals surface area contributed by atoms with Crippen LogP contribution in [0.15, 0.2) is 24.5 Å². The van der Waals surface area contributed by atoms with Gasteiger partial charge in [-0.1, -0.05) is 0 Å². The Morgan fingerprint density at radius 1 is 1.42 bits per heavy atom. The standard InChI is InChI=1S/C16H20F2N4O.CH2O2/c17-16(18)3-5-21(10-16)14-7-13-6-11(14)9-22(13)15(23)20-12-2-1-4-19-8-12;2-1-3/h1-2,4,8,11,13-14H,3,5-7,9-10H2,(H,20,23);1H,(H,2,3). The van der Waals surface area contributed by atoms with Gasteiger partial charge in [0.05, 0.1) is 18.4 Å². The molecule has 1 aromatic heterocycles. The molecule has 26 heavy (non-hydrogen) atoms. The van der Waals surface area contributed by atoms with E-state index in [0.29, 0.717) is 24.7 Å². The van der Waals surface area contributed by atoms with Crippen LogP contribution in [0.2, 0.25) is 0 Å². The van der Waals surface area contributed by atoms with E-state index in [4.69, 9.17) is 9.90 Å². The number of piperidine rings is 1. The van der Waals surface area contributed by atoms with E-state index in [1.165, 1.54) is 0 Å². The lowest BCUT2D eigenvalue weighted by molar-refractivity contribution is -0.122. The van der Waals surface area contributed by atoms with Crippen LogP contribution < -0.4 is 5.32 Å². The molecule has 1 aliphatic carbocycles. The molecule has 0 radical (unpaired) electrons. The van der Waals surface area contributed by atoms with E-state index in [1.807, 2.05) is 9.80 Å². The number of fused-ring (bicyclic) bond motifs is 2. The highest BCUT2D eigenvalue weighted by Gasteiger charge is 2.51. The van der Waals surface area contributed by atoms with E-state index in [2.05, 4.69) is 10.3 Å². The SMILES string of the molecule is O=C(Nc1cccnc1)N1CC2CC1CC2N1CCC(F)(F)C1.O=CO. The fourth-order valence-electron chi connectivity index (χ4n) is 4.30. The maximum Gasteiger partial charge on any atom is 0.322 e. The minimum Gasteiger partial charge on any atom is -0.483 e. The van der Waals surface area contributed by atoms with Crippen LogP contribution in [0.3, 0.4) is 0 Å². The van der Waals surface area contributed by atoms with Crippen LogP contribution >= 0.6 is 0 Å². The zero-order valence-corrected chi connectivity index (χ0v) is 14.2. The number of anilines is 1. The van der Waals surface area contributed by atoms with Crippen molar-refractivity contribution in [2.75, 3.05) is 25.0 Å². The van der Waals surface area contributed by atoms with Crippen LogP contribution in [0, 0.1) is 5.92 Å². The topological polar surface area (TPSA) is 85.8 Å². The Hall–Kier alpha value is -2.29. The second-order valence-corrected chi connectivity index (χ2v) is 6.96. The second kappa shape index (κ2) is 7.53. The monoisotopic (exact) mass is 368 g/mol. The summed E-state index contributed by atoms with van der Waals surface area (Å²) in [6.07, 6.45) is 4.96. The molecular formula is C17H22F2N4O3. The maximum atomic E-state index is 13.4. The molecule has 2 aliphatic heterocycles. The van der Waals surface area contributed by atoms with Crippen molar-refractivity contribution in [2.24, 2.45) is 5.92 Å². The van der Waals surface area contributed by atoms with Gasteiger partial charge in [0.15, 0.2) is 0 Å². The minimum atomic E-state index is -2.54. The molecule has 4 rings (SSSR count). The van der Waals surface area contributed by atoms with E-state index < -0.39 is 5.92 Å². The molecule has 9 heteroatoms. The van der Waals surface area contributed by atoms with Crippen LogP contribution in [0.1, 0.15) is 19.3 Å². The van der Waals surface area contributed by atoms with Gasteiger partial charge in [0.2, 0.25) is 0 Å². The summed E-state index contributed by atoms with van der Waals surface area (Å²) in [5, 5.41) is 9.75. The molecular weight excluding hydrogens is 346 g/mol. The predicted octanol–water partition coefficient (Wildman–Crippen LogP) is 2.12. The van der Waals surface area contributed by atoms with Gasteiger partial charge in [-0.05, 0) is 30.9 Å². The molecule has 1 saturated carbocycles. The maximum absolute atomic E-state index is 13.4. The van der Waals surface area contributed by atoms with Crippen LogP contribution in [0.4, 0.5) is 19.3 Å². The number of hydrogen-bond donors (Lipinski definition) is 2. The van der Waals surface area contributed by atoms with Crippen molar-refractivity contribution in [3.05, 3.63) is 24.5 Å². The van der Waals surface area contributed by atoms with Crippen LogP contribution in [-0.4, -0.2) is 70.0 Å². The van der Waals surface area contributed by atoms with Crippen molar-refractivity contribution >= 4 is 18.2 Å². The molecule has 142 valence electrons. The van der Waals surface area contributed by atoms with E-state index in [9.17, 15) is 13.6 Å². The first-order valence-electron chi connectivity index (χ1n) is 8.61. The first kappa shape index (κ1) is 18.5. The van der Waals surface area contributed by atoms with Crippen LogP contribution in [0.25, 0.3) is 0 Å². The highest BCUT2D eigenvalue weighted by molar-refractivity contribution is 5.89. The number of aromatic nitrogens is 1. The van der Waals surface area contributed by atoms with Gasteiger partial charge in [-0.3, -0.25) is 14.7 Å². The third-order valence-corrected chi connectivity index (χ3v) is 5.35. The molecule has 7 nitrogen and oxygen atoms in total. The Labute approximate surface area is 150 Å². The number of carbonyl (C=O) groups excluding carboxylic acids is 1. The number of urea groups is 1. The summed E-state index contributed by atoms with van der Waals surface area (Å²) < 4.78 is 26.8. The molecule has 3 atom stereocenters. The summed E-state index contributed by atoms with van der Waals surface area (Å²) in [6.45, 7) is 0.759. The highest BCUT2D eigenvalue weighted by Crippen LogP contribution is 2.43. The zero-order chi connectivity index (χ0) is 18.7. The minimum absolute atomic E-state index is 0.0356. The lowest BCUT2D eigenvalue weighted by atomic mass is 10.0. The predicted molar refractivity (Wildman–Crippen MR) is 90.1 cm³/mol.